The highest BCUT2D eigenvalue weighted by molar-refractivity contribution is 6.30. The lowest BCUT2D eigenvalue weighted by Gasteiger charge is -2.14. The zero-order valence-electron chi connectivity index (χ0n) is 21.4. The molecule has 2 aliphatic carbocycles. The predicted molar refractivity (Wildman–Crippen MR) is 163 cm³/mol. The van der Waals surface area contributed by atoms with E-state index in [2.05, 4.69) is 16.7 Å². The van der Waals surface area contributed by atoms with Gasteiger partial charge in [-0.2, -0.15) is 0 Å². The summed E-state index contributed by atoms with van der Waals surface area (Å²) in [5.41, 5.74) is 8.49. The van der Waals surface area contributed by atoms with Crippen LogP contribution >= 0.6 is 0 Å². The third kappa shape index (κ3) is 4.29. The minimum Gasteiger partial charge on any atom is -0.361 e. The molecule has 0 atom stereocenters. The Labute approximate surface area is 230 Å². The predicted octanol–water partition coefficient (Wildman–Crippen LogP) is 7.49. The van der Waals surface area contributed by atoms with Crippen molar-refractivity contribution < 1.29 is 9.59 Å². The number of carbonyl (C=O) groups excluding carboxylic acids is 2. The minimum absolute atomic E-state index is 0.0273. The van der Waals surface area contributed by atoms with Crippen LogP contribution in [0.15, 0.2) is 116 Å². The van der Waals surface area contributed by atoms with Gasteiger partial charge in [0.05, 0.1) is 11.0 Å². The van der Waals surface area contributed by atoms with E-state index in [0.717, 1.165) is 55.4 Å². The molecule has 2 aliphatic rings. The Morgan fingerprint density at radius 2 is 1.00 bits per heavy atom. The van der Waals surface area contributed by atoms with E-state index in [1.165, 1.54) is 0 Å². The summed E-state index contributed by atoms with van der Waals surface area (Å²) in [5, 5.41) is 8.62. The summed E-state index contributed by atoms with van der Waals surface area (Å²) in [6, 6.07) is 29.8. The van der Waals surface area contributed by atoms with Crippen LogP contribution in [0.5, 0.6) is 0 Å². The number of pyridine rings is 1. The van der Waals surface area contributed by atoms with Gasteiger partial charge in [0.1, 0.15) is 0 Å². The van der Waals surface area contributed by atoms with Crippen molar-refractivity contribution in [1.29, 1.82) is 0 Å². The number of carbonyl (C=O) groups is 2. The number of fused-ring (bicyclic) bond motifs is 4. The Morgan fingerprint density at radius 3 is 1.50 bits per heavy atom. The van der Waals surface area contributed by atoms with E-state index in [-0.39, 0.29) is 11.6 Å². The first kappa shape index (κ1) is 23.6. The fourth-order valence-electron chi connectivity index (χ4n) is 5.16. The van der Waals surface area contributed by atoms with Crippen molar-refractivity contribution in [3.8, 4) is 0 Å². The Kier molecular flexibility index (Phi) is 5.68. The van der Waals surface area contributed by atoms with Crippen LogP contribution in [0.2, 0.25) is 0 Å². The van der Waals surface area contributed by atoms with Gasteiger partial charge in [-0.05, 0) is 64.7 Å². The Morgan fingerprint density at radius 1 is 0.525 bits per heavy atom. The van der Waals surface area contributed by atoms with Crippen LogP contribution in [0.3, 0.4) is 0 Å². The number of anilines is 2. The first-order valence-electron chi connectivity index (χ1n) is 13.0. The second-order valence-electron chi connectivity index (χ2n) is 9.78. The number of hydrogen-bond donors (Lipinski definition) is 2. The molecule has 40 heavy (non-hydrogen) atoms. The molecule has 0 amide bonds. The smallest absolute Gasteiger partial charge is 0.187 e. The van der Waals surface area contributed by atoms with Crippen LogP contribution in [0, 0.1) is 0 Å². The molecule has 0 aliphatic heterocycles. The lowest BCUT2D eigenvalue weighted by Crippen LogP contribution is -2.06. The van der Waals surface area contributed by atoms with E-state index in [4.69, 9.17) is 4.98 Å². The van der Waals surface area contributed by atoms with Crippen molar-refractivity contribution in [2.45, 2.75) is 0 Å². The highest BCUT2D eigenvalue weighted by Gasteiger charge is 2.17. The summed E-state index contributed by atoms with van der Waals surface area (Å²) in [7, 11) is 0. The standard InChI is InChI=1S/C35H23N3O2/c39-34-15-11-22-5-1-3-7-28(22)30(34)20-36-26-13-9-24-17-25-10-14-27(19-33(25)38-32(24)18-26)37-21-31-29-8-4-2-6-23(29)12-16-35(31)40/h1-21,36-37H. The number of nitrogens with zero attached hydrogens (tertiary/aromatic N) is 1. The zero-order valence-corrected chi connectivity index (χ0v) is 21.4. The van der Waals surface area contributed by atoms with E-state index in [0.29, 0.717) is 11.1 Å². The van der Waals surface area contributed by atoms with E-state index in [9.17, 15) is 9.59 Å². The third-order valence-electron chi connectivity index (χ3n) is 7.24. The molecule has 1 heterocycles. The summed E-state index contributed by atoms with van der Waals surface area (Å²) in [4.78, 5) is 30.0. The second kappa shape index (κ2) is 9.64. The average molecular weight is 518 g/mol. The molecule has 1 aromatic heterocycles. The quantitative estimate of drug-likeness (QED) is 0.191. The number of ketones is 2. The summed E-state index contributed by atoms with van der Waals surface area (Å²) in [6.07, 6.45) is 10.4. The van der Waals surface area contributed by atoms with Crippen molar-refractivity contribution in [3.63, 3.8) is 0 Å². The zero-order chi connectivity index (χ0) is 27.1. The molecule has 190 valence electrons. The molecule has 0 radical (unpaired) electrons. The maximum absolute atomic E-state index is 12.6. The molecular formula is C35H23N3O2. The minimum atomic E-state index is -0.0273. The SMILES string of the molecule is O=C1C=Cc2ccccc2C1=CNc1ccc2cc3ccc(NC=C4C(=O)C=Cc5ccccc54)cc3nc2c1. The Hall–Kier alpha value is -5.55. The molecule has 0 fully saturated rings. The maximum atomic E-state index is 12.6. The van der Waals surface area contributed by atoms with Crippen LogP contribution in [-0.4, -0.2) is 16.6 Å². The van der Waals surface area contributed by atoms with Gasteiger partial charge in [0.15, 0.2) is 11.6 Å². The number of hydrogen-bond acceptors (Lipinski definition) is 5. The van der Waals surface area contributed by atoms with Crippen molar-refractivity contribution in [1.82, 2.24) is 4.98 Å². The molecule has 5 aromatic rings. The highest BCUT2D eigenvalue weighted by Crippen LogP contribution is 2.29. The van der Waals surface area contributed by atoms with Gasteiger partial charge >= 0.3 is 0 Å². The van der Waals surface area contributed by atoms with Gasteiger partial charge in [-0.1, -0.05) is 72.8 Å². The fourth-order valence-corrected chi connectivity index (χ4v) is 5.16. The fraction of sp³-hybridized carbons (Fsp3) is 0. The molecule has 4 aromatic carbocycles. The van der Waals surface area contributed by atoms with Gasteiger partial charge in [-0.15, -0.1) is 0 Å². The second-order valence-corrected chi connectivity index (χ2v) is 9.78. The Balaban J connectivity index is 1.18. The highest BCUT2D eigenvalue weighted by atomic mass is 16.1. The maximum Gasteiger partial charge on any atom is 0.187 e. The lowest BCUT2D eigenvalue weighted by atomic mass is 9.92. The van der Waals surface area contributed by atoms with Gasteiger partial charge in [-0.25, -0.2) is 4.98 Å². The number of aromatic nitrogens is 1. The Bertz CT molecular complexity index is 1860. The molecule has 0 spiro atoms. The molecular weight excluding hydrogens is 494 g/mol. The largest absolute Gasteiger partial charge is 0.361 e. The van der Waals surface area contributed by atoms with Gasteiger partial charge in [0, 0.05) is 45.7 Å². The first-order valence-corrected chi connectivity index (χ1v) is 13.0. The van der Waals surface area contributed by atoms with Crippen molar-refractivity contribution in [2.75, 3.05) is 10.6 Å². The van der Waals surface area contributed by atoms with Gasteiger partial charge in [0.25, 0.3) is 0 Å². The van der Waals surface area contributed by atoms with Gasteiger partial charge in [-0.3, -0.25) is 9.59 Å². The van der Waals surface area contributed by atoms with Crippen LogP contribution in [0.25, 0.3) is 45.1 Å². The third-order valence-corrected chi connectivity index (χ3v) is 7.24. The molecule has 0 bridgehead atoms. The number of benzene rings is 4. The summed E-state index contributed by atoms with van der Waals surface area (Å²) < 4.78 is 0. The van der Waals surface area contributed by atoms with Crippen molar-refractivity contribution in [3.05, 3.63) is 138 Å². The number of allylic oxidation sites excluding steroid dienone is 4. The van der Waals surface area contributed by atoms with Crippen molar-refractivity contribution >= 4 is 68.0 Å². The van der Waals surface area contributed by atoms with Crippen LogP contribution in [0.4, 0.5) is 11.4 Å². The summed E-state index contributed by atoms with van der Waals surface area (Å²) in [6.45, 7) is 0. The number of nitrogens with one attached hydrogen (secondary N) is 2. The molecule has 2 N–H and O–H groups in total. The van der Waals surface area contributed by atoms with E-state index in [1.807, 2.05) is 97.1 Å². The van der Waals surface area contributed by atoms with E-state index < -0.39 is 0 Å². The monoisotopic (exact) mass is 517 g/mol. The topological polar surface area (TPSA) is 71.1 Å². The van der Waals surface area contributed by atoms with Crippen LogP contribution in [-0.2, 0) is 9.59 Å². The van der Waals surface area contributed by atoms with Crippen molar-refractivity contribution in [2.24, 2.45) is 0 Å². The lowest BCUT2D eigenvalue weighted by molar-refractivity contribution is -0.110. The molecule has 0 saturated carbocycles. The van der Waals surface area contributed by atoms with Gasteiger partial charge in [0.2, 0.25) is 0 Å². The van der Waals surface area contributed by atoms with E-state index >= 15 is 0 Å². The van der Waals surface area contributed by atoms with Crippen LogP contribution < -0.4 is 10.6 Å². The normalized spacial score (nSPS) is 16.0. The molecule has 0 unspecified atom stereocenters. The molecule has 5 heteroatoms. The summed E-state index contributed by atoms with van der Waals surface area (Å²) >= 11 is 0. The summed E-state index contributed by atoms with van der Waals surface area (Å²) in [5.74, 6) is -0.0546. The molecule has 0 saturated heterocycles. The van der Waals surface area contributed by atoms with E-state index in [1.54, 1.807) is 24.6 Å². The van der Waals surface area contributed by atoms with Gasteiger partial charge < -0.3 is 10.6 Å². The average Bonchev–Trinajstić information content (AvgIpc) is 2.99. The van der Waals surface area contributed by atoms with Crippen LogP contribution in [0.1, 0.15) is 22.3 Å². The first-order chi connectivity index (χ1) is 19.6. The number of rotatable bonds is 4. The molecule has 5 nitrogen and oxygen atoms in total. The molecule has 7 rings (SSSR count).